The number of carbonyl (C=O) groups is 1. The molecule has 1 unspecified atom stereocenters. The van der Waals surface area contributed by atoms with Gasteiger partial charge in [0.1, 0.15) is 18.5 Å². The maximum Gasteiger partial charge on any atom is 0.254 e. The number of morpholine rings is 1. The molecule has 0 saturated carbocycles. The first-order chi connectivity index (χ1) is 14.2. The van der Waals surface area contributed by atoms with Crippen molar-refractivity contribution in [1.82, 2.24) is 9.88 Å². The lowest BCUT2D eigenvalue weighted by atomic mass is 10.1. The van der Waals surface area contributed by atoms with Crippen molar-refractivity contribution in [3.63, 3.8) is 0 Å². The highest BCUT2D eigenvalue weighted by atomic mass is 35.5. The summed E-state index contributed by atoms with van der Waals surface area (Å²) >= 11 is 5.97. The molecule has 5 nitrogen and oxygen atoms in total. The van der Waals surface area contributed by atoms with Crippen molar-refractivity contribution in [2.45, 2.75) is 12.7 Å². The minimum Gasteiger partial charge on any atom is -0.489 e. The van der Waals surface area contributed by atoms with E-state index in [1.165, 1.54) is 0 Å². The molecule has 0 aliphatic carbocycles. The molecule has 0 spiro atoms. The largest absolute Gasteiger partial charge is 0.489 e. The van der Waals surface area contributed by atoms with Crippen LogP contribution < -0.4 is 4.74 Å². The molecule has 1 aliphatic rings. The first-order valence-electron chi connectivity index (χ1n) is 9.47. The van der Waals surface area contributed by atoms with Gasteiger partial charge >= 0.3 is 0 Å². The fraction of sp³-hybridized carbons (Fsp3) is 0.217. The number of ether oxygens (including phenoxy) is 2. The molecule has 29 heavy (non-hydrogen) atoms. The molecule has 0 radical (unpaired) electrons. The lowest BCUT2D eigenvalue weighted by Gasteiger charge is -2.33. The number of hydrogen-bond acceptors (Lipinski definition) is 4. The minimum absolute atomic E-state index is 0.0286. The summed E-state index contributed by atoms with van der Waals surface area (Å²) in [6, 6.07) is 18.7. The average Bonchev–Trinajstić information content (AvgIpc) is 2.79. The molecular weight excluding hydrogens is 388 g/mol. The molecule has 0 bridgehead atoms. The third-order valence-corrected chi connectivity index (χ3v) is 5.06. The van der Waals surface area contributed by atoms with Crippen molar-refractivity contribution in [3.8, 4) is 5.75 Å². The number of nitrogens with zero attached hydrogens (tertiary/aromatic N) is 2. The van der Waals surface area contributed by atoms with Crippen molar-refractivity contribution in [2.24, 2.45) is 0 Å². The molecule has 1 aliphatic heterocycles. The monoisotopic (exact) mass is 408 g/mol. The van der Waals surface area contributed by atoms with Crippen LogP contribution in [0.1, 0.15) is 27.6 Å². The Morgan fingerprint density at radius 3 is 2.83 bits per heavy atom. The summed E-state index contributed by atoms with van der Waals surface area (Å²) in [7, 11) is 0. The van der Waals surface area contributed by atoms with Crippen molar-refractivity contribution < 1.29 is 14.3 Å². The Kier molecular flexibility index (Phi) is 6.08. The van der Waals surface area contributed by atoms with Gasteiger partial charge in [0.05, 0.1) is 13.2 Å². The Bertz CT molecular complexity index is 963. The molecular formula is C23H21ClN2O3. The van der Waals surface area contributed by atoms with Crippen molar-refractivity contribution in [1.29, 1.82) is 0 Å². The highest BCUT2D eigenvalue weighted by molar-refractivity contribution is 6.30. The van der Waals surface area contributed by atoms with Crippen LogP contribution in [-0.2, 0) is 11.3 Å². The smallest absolute Gasteiger partial charge is 0.254 e. The third-order valence-electron chi connectivity index (χ3n) is 4.80. The van der Waals surface area contributed by atoms with Crippen LogP contribution in [0, 0.1) is 0 Å². The normalized spacial score (nSPS) is 16.4. The van der Waals surface area contributed by atoms with E-state index >= 15 is 0 Å². The number of rotatable bonds is 5. The summed E-state index contributed by atoms with van der Waals surface area (Å²) < 4.78 is 11.7. The van der Waals surface area contributed by atoms with E-state index in [1.54, 1.807) is 18.5 Å². The van der Waals surface area contributed by atoms with Gasteiger partial charge in [0, 0.05) is 35.1 Å². The molecule has 2 heterocycles. The second-order valence-electron chi connectivity index (χ2n) is 6.84. The summed E-state index contributed by atoms with van der Waals surface area (Å²) in [5.74, 6) is 0.626. The van der Waals surface area contributed by atoms with Crippen LogP contribution in [0.15, 0.2) is 73.1 Å². The average molecular weight is 409 g/mol. The predicted molar refractivity (Wildman–Crippen MR) is 111 cm³/mol. The summed E-state index contributed by atoms with van der Waals surface area (Å²) in [5, 5.41) is 0.681. The lowest BCUT2D eigenvalue weighted by Crippen LogP contribution is -2.42. The molecule has 4 rings (SSSR count). The van der Waals surface area contributed by atoms with E-state index < -0.39 is 0 Å². The van der Waals surface area contributed by atoms with Gasteiger partial charge in [-0.25, -0.2) is 0 Å². The van der Waals surface area contributed by atoms with Crippen LogP contribution in [0.2, 0.25) is 5.02 Å². The standard InChI is InChI=1S/C23H21ClN2O3/c24-20-8-6-18(7-9-20)22-15-26(11-12-28-22)23(27)19-4-1-5-21(13-19)29-16-17-3-2-10-25-14-17/h1-10,13-14,22H,11-12,15-16H2. The van der Waals surface area contributed by atoms with Gasteiger partial charge in [-0.1, -0.05) is 35.9 Å². The van der Waals surface area contributed by atoms with Crippen molar-refractivity contribution >= 4 is 17.5 Å². The highest BCUT2D eigenvalue weighted by Gasteiger charge is 2.26. The van der Waals surface area contributed by atoms with Crippen LogP contribution >= 0.6 is 11.6 Å². The van der Waals surface area contributed by atoms with Crippen molar-refractivity contribution in [3.05, 3.63) is 94.8 Å². The number of pyridine rings is 1. The first-order valence-corrected chi connectivity index (χ1v) is 9.85. The Labute approximate surface area is 174 Å². The Hall–Kier alpha value is -2.89. The minimum atomic E-state index is -0.157. The van der Waals surface area contributed by atoms with E-state index in [2.05, 4.69) is 4.98 Å². The maximum atomic E-state index is 13.0. The summed E-state index contributed by atoms with van der Waals surface area (Å²) in [5.41, 5.74) is 2.59. The molecule has 6 heteroatoms. The van der Waals surface area contributed by atoms with E-state index in [-0.39, 0.29) is 12.0 Å². The molecule has 148 valence electrons. The first kappa shape index (κ1) is 19.4. The van der Waals surface area contributed by atoms with Crippen LogP contribution in [0.3, 0.4) is 0 Å². The quantitative estimate of drug-likeness (QED) is 0.622. The maximum absolute atomic E-state index is 13.0. The fourth-order valence-corrected chi connectivity index (χ4v) is 3.39. The number of benzene rings is 2. The van der Waals surface area contributed by atoms with E-state index in [0.29, 0.717) is 42.6 Å². The third kappa shape index (κ3) is 4.94. The van der Waals surface area contributed by atoms with Gasteiger partial charge in [-0.2, -0.15) is 0 Å². The molecule has 0 N–H and O–H groups in total. The number of amides is 1. The Morgan fingerprint density at radius 2 is 2.03 bits per heavy atom. The Morgan fingerprint density at radius 1 is 1.17 bits per heavy atom. The molecule has 1 amide bonds. The van der Waals surface area contributed by atoms with Gasteiger partial charge in [-0.15, -0.1) is 0 Å². The zero-order valence-corrected chi connectivity index (χ0v) is 16.6. The van der Waals surface area contributed by atoms with E-state index in [1.807, 2.05) is 59.5 Å². The molecule has 1 saturated heterocycles. The second-order valence-corrected chi connectivity index (χ2v) is 7.28. The number of aromatic nitrogens is 1. The lowest BCUT2D eigenvalue weighted by molar-refractivity contribution is -0.0228. The number of halogens is 1. The SMILES string of the molecule is O=C(c1cccc(OCc2cccnc2)c1)N1CCOC(c2ccc(Cl)cc2)C1. The van der Waals surface area contributed by atoms with Crippen LogP contribution in [0.5, 0.6) is 5.75 Å². The second kappa shape index (κ2) is 9.07. The Balaban J connectivity index is 1.42. The van der Waals surface area contributed by atoms with Gasteiger partial charge in [0.25, 0.3) is 5.91 Å². The molecule has 1 atom stereocenters. The summed E-state index contributed by atoms with van der Waals surface area (Å²) in [4.78, 5) is 18.9. The van der Waals surface area contributed by atoms with Crippen LogP contribution in [0.4, 0.5) is 0 Å². The van der Waals surface area contributed by atoms with Crippen molar-refractivity contribution in [2.75, 3.05) is 19.7 Å². The molecule has 3 aromatic rings. The summed E-state index contributed by atoms with van der Waals surface area (Å²) in [6.45, 7) is 1.96. The fourth-order valence-electron chi connectivity index (χ4n) is 3.26. The number of carbonyl (C=O) groups excluding carboxylic acids is 1. The topological polar surface area (TPSA) is 51.7 Å². The molecule has 1 fully saturated rings. The van der Waals surface area contributed by atoms with Gasteiger partial charge in [-0.05, 0) is 42.0 Å². The zero-order chi connectivity index (χ0) is 20.1. The molecule has 2 aromatic carbocycles. The number of hydrogen-bond donors (Lipinski definition) is 0. The van der Waals surface area contributed by atoms with Gasteiger partial charge in [0.2, 0.25) is 0 Å². The molecule has 1 aromatic heterocycles. The van der Waals surface area contributed by atoms with Gasteiger partial charge in [0.15, 0.2) is 0 Å². The van der Waals surface area contributed by atoms with Crippen LogP contribution in [0.25, 0.3) is 0 Å². The van der Waals surface area contributed by atoms with Crippen LogP contribution in [-0.4, -0.2) is 35.5 Å². The predicted octanol–water partition coefficient (Wildman–Crippen LogP) is 4.53. The zero-order valence-electron chi connectivity index (χ0n) is 15.8. The highest BCUT2D eigenvalue weighted by Crippen LogP contribution is 2.25. The summed E-state index contributed by atoms with van der Waals surface area (Å²) in [6.07, 6.45) is 3.33. The van der Waals surface area contributed by atoms with Gasteiger partial charge in [-0.3, -0.25) is 9.78 Å². The van der Waals surface area contributed by atoms with E-state index in [0.717, 1.165) is 11.1 Å². The van der Waals surface area contributed by atoms with E-state index in [4.69, 9.17) is 21.1 Å². The van der Waals surface area contributed by atoms with E-state index in [9.17, 15) is 4.79 Å². The van der Waals surface area contributed by atoms with Gasteiger partial charge < -0.3 is 14.4 Å².